The molecule has 0 fully saturated rings. The Kier molecular flexibility index (Phi) is 2.74. The zero-order chi connectivity index (χ0) is 11.6. The molecule has 7 heteroatoms. The number of alkyl halides is 2. The third-order valence-electron chi connectivity index (χ3n) is 1.41. The summed E-state index contributed by atoms with van der Waals surface area (Å²) in [6.07, 6.45) is -4.43. The number of aliphatic carboxylic acids is 1. The van der Waals surface area contributed by atoms with Gasteiger partial charge in [0.05, 0.1) is 0 Å². The van der Waals surface area contributed by atoms with Crippen LogP contribution in [0.25, 0.3) is 0 Å². The Morgan fingerprint density at radius 1 is 1.40 bits per heavy atom. The Balaban J connectivity index is 2.91. The number of carboxylic acids is 1. The number of carboxylic acid groups (broad SMARTS) is 1. The number of phenols is 1. The maximum Gasteiger partial charge on any atom is 0.501 e. The van der Waals surface area contributed by atoms with E-state index >= 15 is 0 Å². The fraction of sp³-hybridized carbons (Fsp3) is 0.125. The van der Waals surface area contributed by atoms with Gasteiger partial charge in [0.25, 0.3) is 0 Å². The average Bonchev–Trinajstić information content (AvgIpc) is 2.10. The summed E-state index contributed by atoms with van der Waals surface area (Å²) in [4.78, 5) is 9.97. The molecule has 0 radical (unpaired) electrons. The van der Waals surface area contributed by atoms with Gasteiger partial charge in [0, 0.05) is 6.07 Å². The van der Waals surface area contributed by atoms with Gasteiger partial charge in [0.15, 0.2) is 11.6 Å². The Hall–Kier alpha value is -1.92. The van der Waals surface area contributed by atoms with E-state index in [9.17, 15) is 18.0 Å². The van der Waals surface area contributed by atoms with Crippen molar-refractivity contribution in [3.63, 3.8) is 0 Å². The van der Waals surface area contributed by atoms with Crippen LogP contribution < -0.4 is 4.74 Å². The van der Waals surface area contributed by atoms with E-state index in [-0.39, 0.29) is 0 Å². The molecule has 0 aromatic heterocycles. The lowest BCUT2D eigenvalue weighted by Crippen LogP contribution is -2.34. The Bertz CT molecular complexity index is 391. The van der Waals surface area contributed by atoms with Crippen molar-refractivity contribution >= 4 is 5.97 Å². The molecule has 0 aliphatic carbocycles. The number of phenolic OH excluding ortho intramolecular Hbond substituents is 1. The minimum absolute atomic E-state index is 0.548. The predicted molar refractivity (Wildman–Crippen MR) is 41.3 cm³/mol. The van der Waals surface area contributed by atoms with Crippen molar-refractivity contribution in [2.75, 3.05) is 0 Å². The lowest BCUT2D eigenvalue weighted by molar-refractivity contribution is -0.210. The van der Waals surface area contributed by atoms with Crippen LogP contribution in [0.1, 0.15) is 0 Å². The van der Waals surface area contributed by atoms with Gasteiger partial charge in [0.1, 0.15) is 5.75 Å². The van der Waals surface area contributed by atoms with Crippen molar-refractivity contribution in [2.24, 2.45) is 0 Å². The topological polar surface area (TPSA) is 66.8 Å². The van der Waals surface area contributed by atoms with Crippen LogP contribution >= 0.6 is 0 Å². The first kappa shape index (κ1) is 11.2. The van der Waals surface area contributed by atoms with E-state index in [0.717, 1.165) is 6.07 Å². The molecule has 0 bridgehead atoms. The van der Waals surface area contributed by atoms with E-state index in [1.807, 2.05) is 0 Å². The normalized spacial score (nSPS) is 11.1. The van der Waals surface area contributed by atoms with Crippen LogP contribution in [0.3, 0.4) is 0 Å². The minimum atomic E-state index is -4.43. The summed E-state index contributed by atoms with van der Waals surface area (Å²) in [5.41, 5.74) is 0. The number of ether oxygens (including phenoxy) is 1. The second-order valence-electron chi connectivity index (χ2n) is 2.54. The predicted octanol–water partition coefficient (Wildman–Crippen LogP) is 1.59. The molecule has 0 atom stereocenters. The minimum Gasteiger partial charge on any atom is -0.505 e. The second kappa shape index (κ2) is 3.68. The lowest BCUT2D eigenvalue weighted by Gasteiger charge is -2.13. The van der Waals surface area contributed by atoms with E-state index in [1.54, 1.807) is 0 Å². The molecule has 2 N–H and O–H groups in total. The van der Waals surface area contributed by atoms with Crippen LogP contribution in [0.2, 0.25) is 0 Å². The Morgan fingerprint density at radius 3 is 2.47 bits per heavy atom. The van der Waals surface area contributed by atoms with E-state index in [1.165, 1.54) is 0 Å². The molecule has 0 heterocycles. The van der Waals surface area contributed by atoms with Gasteiger partial charge in [-0.2, -0.15) is 8.78 Å². The largest absolute Gasteiger partial charge is 0.505 e. The molecule has 1 aromatic rings. The first-order valence-corrected chi connectivity index (χ1v) is 3.61. The summed E-state index contributed by atoms with van der Waals surface area (Å²) in [6, 6.07) is 1.99. The third-order valence-corrected chi connectivity index (χ3v) is 1.41. The number of aromatic hydroxyl groups is 1. The zero-order valence-corrected chi connectivity index (χ0v) is 7.08. The summed E-state index contributed by atoms with van der Waals surface area (Å²) in [5, 5.41) is 16.8. The summed E-state index contributed by atoms with van der Waals surface area (Å²) < 4.78 is 41.2. The quantitative estimate of drug-likeness (QED) is 0.814. The molecular formula is C8H5F3O4. The average molecular weight is 222 g/mol. The fourth-order valence-electron chi connectivity index (χ4n) is 0.748. The molecule has 15 heavy (non-hydrogen) atoms. The number of rotatable bonds is 3. The highest BCUT2D eigenvalue weighted by atomic mass is 19.3. The summed E-state index contributed by atoms with van der Waals surface area (Å²) in [7, 11) is 0. The van der Waals surface area contributed by atoms with Crippen molar-refractivity contribution in [1.82, 2.24) is 0 Å². The standard InChI is InChI=1S/C8H5F3O4/c9-5-2-1-4(3-6(5)12)15-8(10,11)7(13)14/h1-3,12H,(H,13,14). The number of hydrogen-bond acceptors (Lipinski definition) is 3. The molecule has 0 spiro atoms. The van der Waals surface area contributed by atoms with Crippen molar-refractivity contribution < 1.29 is 32.9 Å². The highest BCUT2D eigenvalue weighted by molar-refractivity contribution is 5.73. The van der Waals surface area contributed by atoms with Crippen LogP contribution in [0.15, 0.2) is 18.2 Å². The monoisotopic (exact) mass is 222 g/mol. The summed E-state index contributed by atoms with van der Waals surface area (Å²) >= 11 is 0. The Labute approximate surface area is 81.5 Å². The van der Waals surface area contributed by atoms with Crippen LogP contribution in [-0.2, 0) is 4.79 Å². The molecule has 0 unspecified atom stereocenters. The fourth-order valence-corrected chi connectivity index (χ4v) is 0.748. The highest BCUT2D eigenvalue weighted by Crippen LogP contribution is 2.26. The SMILES string of the molecule is O=C(O)C(F)(F)Oc1ccc(F)c(O)c1. The molecule has 0 aliphatic rings. The third kappa shape index (κ3) is 2.52. The first-order valence-electron chi connectivity index (χ1n) is 3.61. The van der Waals surface area contributed by atoms with E-state index < -0.39 is 29.4 Å². The van der Waals surface area contributed by atoms with Gasteiger partial charge in [-0.05, 0) is 12.1 Å². The number of carbonyl (C=O) groups is 1. The summed E-state index contributed by atoms with van der Waals surface area (Å²) in [5.74, 6) is -5.07. The van der Waals surface area contributed by atoms with Crippen LogP contribution in [0, 0.1) is 5.82 Å². The molecule has 0 saturated carbocycles. The van der Waals surface area contributed by atoms with Crippen LogP contribution in [-0.4, -0.2) is 22.3 Å². The van der Waals surface area contributed by atoms with E-state index in [2.05, 4.69) is 4.74 Å². The molecule has 0 saturated heterocycles. The van der Waals surface area contributed by atoms with Gasteiger partial charge in [-0.25, -0.2) is 9.18 Å². The first-order chi connectivity index (χ1) is 6.83. The zero-order valence-electron chi connectivity index (χ0n) is 7.08. The van der Waals surface area contributed by atoms with E-state index in [4.69, 9.17) is 10.2 Å². The molecule has 1 rings (SSSR count). The van der Waals surface area contributed by atoms with Crippen molar-refractivity contribution in [1.29, 1.82) is 0 Å². The van der Waals surface area contributed by atoms with E-state index in [0.29, 0.717) is 12.1 Å². The molecule has 0 amide bonds. The van der Waals surface area contributed by atoms with Crippen molar-refractivity contribution in [3.8, 4) is 11.5 Å². The second-order valence-corrected chi connectivity index (χ2v) is 2.54. The molecule has 1 aromatic carbocycles. The molecule has 4 nitrogen and oxygen atoms in total. The number of halogens is 3. The highest BCUT2D eigenvalue weighted by Gasteiger charge is 2.42. The number of hydrogen-bond donors (Lipinski definition) is 2. The maximum absolute atomic E-state index is 12.5. The smallest absolute Gasteiger partial charge is 0.501 e. The van der Waals surface area contributed by atoms with Gasteiger partial charge in [-0.3, -0.25) is 0 Å². The van der Waals surface area contributed by atoms with Gasteiger partial charge in [0.2, 0.25) is 0 Å². The number of benzene rings is 1. The molecule has 0 aliphatic heterocycles. The van der Waals surface area contributed by atoms with Gasteiger partial charge >= 0.3 is 12.1 Å². The molecule has 82 valence electrons. The molecular weight excluding hydrogens is 217 g/mol. The Morgan fingerprint density at radius 2 is 2.00 bits per heavy atom. The lowest BCUT2D eigenvalue weighted by atomic mass is 10.3. The van der Waals surface area contributed by atoms with Crippen molar-refractivity contribution in [2.45, 2.75) is 6.11 Å². The van der Waals surface area contributed by atoms with Gasteiger partial charge in [-0.1, -0.05) is 0 Å². The van der Waals surface area contributed by atoms with Gasteiger partial charge in [-0.15, -0.1) is 0 Å². The van der Waals surface area contributed by atoms with Gasteiger partial charge < -0.3 is 14.9 Å². The summed E-state index contributed by atoms with van der Waals surface area (Å²) in [6.45, 7) is 0. The van der Waals surface area contributed by atoms with Crippen LogP contribution in [0.4, 0.5) is 13.2 Å². The maximum atomic E-state index is 12.5. The van der Waals surface area contributed by atoms with Crippen molar-refractivity contribution in [3.05, 3.63) is 24.0 Å². The van der Waals surface area contributed by atoms with Crippen LogP contribution in [0.5, 0.6) is 11.5 Å².